The molecule has 0 spiro atoms. The van der Waals surface area contributed by atoms with E-state index in [1.807, 2.05) is 26.8 Å². The molecule has 6 heteroatoms. The molecular weight excluding hydrogens is 428 g/mol. The highest BCUT2D eigenvalue weighted by Gasteiger charge is 2.42. The molecule has 1 heterocycles. The van der Waals surface area contributed by atoms with Crippen LogP contribution in [0.2, 0.25) is 0 Å². The van der Waals surface area contributed by atoms with Crippen LogP contribution >= 0.6 is 11.8 Å². The van der Waals surface area contributed by atoms with Gasteiger partial charge in [0.15, 0.2) is 9.84 Å². The van der Waals surface area contributed by atoms with Crippen LogP contribution in [-0.4, -0.2) is 43.5 Å². The Balaban J connectivity index is 2.26. The fourth-order valence-electron chi connectivity index (χ4n) is 4.25. The molecule has 1 aromatic carbocycles. The lowest BCUT2D eigenvalue weighted by Crippen LogP contribution is -2.36. The standard InChI is InChI=1S/C25H40O4S2/c1-9-25(10-2,23-14-18(4)21(30-23)16-31(8,27)28)19-11-12-20(17(3)13-19)29-15-22(26)24(5,6)7/h11-13,22-23,26H,9-10,14-16H2,1-8H3. The number of aliphatic hydroxyl groups is 1. The van der Waals surface area contributed by atoms with Crippen molar-refractivity contribution in [1.82, 2.24) is 0 Å². The zero-order valence-corrected chi connectivity index (χ0v) is 22.0. The molecule has 0 saturated heterocycles. The summed E-state index contributed by atoms with van der Waals surface area (Å²) in [5.41, 5.74) is 3.30. The van der Waals surface area contributed by atoms with E-state index in [1.54, 1.807) is 11.8 Å². The van der Waals surface area contributed by atoms with Gasteiger partial charge in [-0.1, -0.05) is 52.3 Å². The molecule has 31 heavy (non-hydrogen) atoms. The van der Waals surface area contributed by atoms with Crippen molar-refractivity contribution in [3.63, 3.8) is 0 Å². The van der Waals surface area contributed by atoms with Gasteiger partial charge in [0.25, 0.3) is 0 Å². The second kappa shape index (κ2) is 9.88. The number of allylic oxidation sites excluding steroid dienone is 1. The van der Waals surface area contributed by atoms with Crippen LogP contribution in [0.4, 0.5) is 0 Å². The molecule has 1 aliphatic heterocycles. The Morgan fingerprint density at radius 2 is 1.81 bits per heavy atom. The van der Waals surface area contributed by atoms with Gasteiger partial charge < -0.3 is 9.84 Å². The predicted molar refractivity (Wildman–Crippen MR) is 133 cm³/mol. The van der Waals surface area contributed by atoms with Crippen molar-refractivity contribution < 1.29 is 18.3 Å². The van der Waals surface area contributed by atoms with Crippen molar-refractivity contribution in [1.29, 1.82) is 0 Å². The minimum Gasteiger partial charge on any atom is -0.491 e. The summed E-state index contributed by atoms with van der Waals surface area (Å²) >= 11 is 1.76. The SMILES string of the molecule is CCC(CC)(c1ccc(OCC(O)C(C)(C)C)c(C)c1)C1CC(C)=C(CS(C)(=O)=O)S1. The van der Waals surface area contributed by atoms with Crippen molar-refractivity contribution in [2.24, 2.45) is 5.41 Å². The van der Waals surface area contributed by atoms with E-state index in [0.29, 0.717) is 5.25 Å². The average Bonchev–Trinajstić information content (AvgIpc) is 3.00. The minimum atomic E-state index is -3.04. The van der Waals surface area contributed by atoms with E-state index in [0.717, 1.165) is 35.5 Å². The predicted octanol–water partition coefficient (Wildman–Crippen LogP) is 5.66. The Kier molecular flexibility index (Phi) is 8.37. The minimum absolute atomic E-state index is 0.0284. The number of hydrogen-bond donors (Lipinski definition) is 1. The van der Waals surface area contributed by atoms with Gasteiger partial charge >= 0.3 is 0 Å². The smallest absolute Gasteiger partial charge is 0.152 e. The molecule has 2 unspecified atom stereocenters. The monoisotopic (exact) mass is 468 g/mol. The van der Waals surface area contributed by atoms with Gasteiger partial charge in [-0.3, -0.25) is 0 Å². The number of rotatable bonds is 9. The molecular formula is C25H40O4S2. The summed E-state index contributed by atoms with van der Waals surface area (Å²) < 4.78 is 29.7. The van der Waals surface area contributed by atoms with E-state index >= 15 is 0 Å². The lowest BCUT2D eigenvalue weighted by Gasteiger charge is -2.38. The first-order valence-electron chi connectivity index (χ1n) is 11.2. The third-order valence-corrected chi connectivity index (χ3v) is 9.35. The van der Waals surface area contributed by atoms with Gasteiger partial charge in [0.1, 0.15) is 12.4 Å². The van der Waals surface area contributed by atoms with E-state index in [1.165, 1.54) is 17.4 Å². The van der Waals surface area contributed by atoms with Crippen LogP contribution in [0, 0.1) is 12.3 Å². The Labute approximate surface area is 193 Å². The molecule has 0 bridgehead atoms. The van der Waals surface area contributed by atoms with Crippen LogP contribution in [0.3, 0.4) is 0 Å². The van der Waals surface area contributed by atoms with E-state index in [9.17, 15) is 13.5 Å². The normalized spacial score (nSPS) is 19.1. The molecule has 2 atom stereocenters. The van der Waals surface area contributed by atoms with Gasteiger partial charge in [-0.2, -0.15) is 0 Å². The molecule has 176 valence electrons. The van der Waals surface area contributed by atoms with Crippen LogP contribution in [0.15, 0.2) is 28.7 Å². The average molecular weight is 469 g/mol. The summed E-state index contributed by atoms with van der Waals surface area (Å²) in [7, 11) is -3.04. The molecule has 0 aromatic heterocycles. The zero-order valence-electron chi connectivity index (χ0n) is 20.4. The Morgan fingerprint density at radius 3 is 2.29 bits per heavy atom. The number of ether oxygens (including phenoxy) is 1. The Morgan fingerprint density at radius 1 is 1.19 bits per heavy atom. The van der Waals surface area contributed by atoms with Crippen molar-refractivity contribution in [2.45, 2.75) is 84.5 Å². The molecule has 1 N–H and O–H groups in total. The van der Waals surface area contributed by atoms with Gasteiger partial charge in [-0.05, 0) is 60.6 Å². The summed E-state index contributed by atoms with van der Waals surface area (Å²) in [5.74, 6) is 0.949. The Hall–Kier alpha value is -0.980. The van der Waals surface area contributed by atoms with Crippen molar-refractivity contribution in [3.05, 3.63) is 39.8 Å². The van der Waals surface area contributed by atoms with Crippen LogP contribution in [-0.2, 0) is 15.3 Å². The Bertz CT molecular complexity index is 906. The van der Waals surface area contributed by atoms with E-state index < -0.39 is 15.9 Å². The van der Waals surface area contributed by atoms with Crippen molar-refractivity contribution in [3.8, 4) is 5.75 Å². The van der Waals surface area contributed by atoms with Crippen molar-refractivity contribution in [2.75, 3.05) is 18.6 Å². The van der Waals surface area contributed by atoms with Crippen LogP contribution in [0.1, 0.15) is 71.9 Å². The highest BCUT2D eigenvalue weighted by atomic mass is 32.2. The van der Waals surface area contributed by atoms with Gasteiger partial charge in [0, 0.05) is 16.9 Å². The lowest BCUT2D eigenvalue weighted by molar-refractivity contribution is 0.0216. The fraction of sp³-hybridized carbons (Fsp3) is 0.680. The summed E-state index contributed by atoms with van der Waals surface area (Å²) in [6.45, 7) is 14.9. The molecule has 0 saturated carbocycles. The van der Waals surface area contributed by atoms with Gasteiger partial charge in [0.2, 0.25) is 0 Å². The largest absolute Gasteiger partial charge is 0.491 e. The van der Waals surface area contributed by atoms with E-state index in [2.05, 4.69) is 39.8 Å². The summed E-state index contributed by atoms with van der Waals surface area (Å²) in [6.07, 6.45) is 3.68. The van der Waals surface area contributed by atoms with Gasteiger partial charge in [-0.15, -0.1) is 11.8 Å². The van der Waals surface area contributed by atoms with Crippen LogP contribution in [0.5, 0.6) is 5.75 Å². The first-order valence-corrected chi connectivity index (χ1v) is 14.1. The highest BCUT2D eigenvalue weighted by Crippen LogP contribution is 2.51. The second-order valence-electron chi connectivity index (χ2n) is 10.1. The maximum Gasteiger partial charge on any atom is 0.152 e. The first-order chi connectivity index (χ1) is 14.2. The lowest BCUT2D eigenvalue weighted by atomic mass is 9.71. The highest BCUT2D eigenvalue weighted by molar-refractivity contribution is 8.05. The molecule has 1 aliphatic rings. The van der Waals surface area contributed by atoms with Gasteiger partial charge in [0.05, 0.1) is 11.9 Å². The van der Waals surface area contributed by atoms with Gasteiger partial charge in [-0.25, -0.2) is 8.42 Å². The topological polar surface area (TPSA) is 63.6 Å². The molecule has 1 aromatic rings. The maximum atomic E-state index is 11.9. The fourth-order valence-corrected chi connectivity index (χ4v) is 7.54. The number of aliphatic hydroxyl groups excluding tert-OH is 1. The van der Waals surface area contributed by atoms with Crippen molar-refractivity contribution >= 4 is 21.6 Å². The number of aryl methyl sites for hydroxylation is 1. The van der Waals surface area contributed by atoms with Crippen LogP contribution < -0.4 is 4.74 Å². The number of hydrogen-bond acceptors (Lipinski definition) is 5. The maximum absolute atomic E-state index is 11.9. The molecule has 4 nitrogen and oxygen atoms in total. The van der Waals surface area contributed by atoms with E-state index in [-0.39, 0.29) is 23.2 Å². The second-order valence-corrected chi connectivity index (χ2v) is 13.6. The van der Waals surface area contributed by atoms with Crippen LogP contribution in [0.25, 0.3) is 0 Å². The molecule has 0 amide bonds. The summed E-state index contributed by atoms with van der Waals surface area (Å²) in [6, 6.07) is 6.40. The molecule has 0 radical (unpaired) electrons. The zero-order chi connectivity index (χ0) is 23.6. The number of thioether (sulfide) groups is 1. The number of benzene rings is 1. The van der Waals surface area contributed by atoms with E-state index in [4.69, 9.17) is 4.74 Å². The quantitative estimate of drug-likeness (QED) is 0.506. The first kappa shape index (κ1) is 26.3. The summed E-state index contributed by atoms with van der Waals surface area (Å²) in [4.78, 5) is 1.02. The molecule has 0 fully saturated rings. The molecule has 0 aliphatic carbocycles. The summed E-state index contributed by atoms with van der Waals surface area (Å²) in [5, 5.41) is 10.6. The third kappa shape index (κ3) is 6.29. The molecule has 2 rings (SSSR count). The third-order valence-electron chi connectivity index (χ3n) is 6.67. The number of sulfone groups is 1.